The van der Waals surface area contributed by atoms with Crippen LogP contribution in [-0.4, -0.2) is 12.4 Å². The maximum atomic E-state index is 10.8. The van der Waals surface area contributed by atoms with Crippen LogP contribution in [0.15, 0.2) is 42.5 Å². The van der Waals surface area contributed by atoms with Crippen molar-refractivity contribution >= 4 is 57.1 Å². The zero-order valence-electron chi connectivity index (χ0n) is 12.2. The van der Waals surface area contributed by atoms with E-state index in [9.17, 15) is 4.79 Å². The molecule has 0 atom stereocenters. The number of carbonyl (C=O) groups is 1. The van der Waals surface area contributed by atoms with Gasteiger partial charge in [0.05, 0.1) is 10.7 Å². The van der Waals surface area contributed by atoms with Crippen LogP contribution in [0, 0.1) is 3.57 Å². The lowest BCUT2D eigenvalue weighted by atomic mass is 10.2. The van der Waals surface area contributed by atoms with E-state index in [2.05, 4.69) is 22.6 Å². The number of halogens is 3. The molecule has 0 amide bonds. The molecule has 2 rings (SSSR count). The van der Waals surface area contributed by atoms with Gasteiger partial charge in [-0.1, -0.05) is 23.7 Å². The highest BCUT2D eigenvalue weighted by atomic mass is 127. The average molecular weight is 463 g/mol. The van der Waals surface area contributed by atoms with Crippen molar-refractivity contribution in [2.75, 3.05) is 7.11 Å². The molecule has 0 aliphatic carbocycles. The molecule has 2 aromatic carbocycles. The van der Waals surface area contributed by atoms with E-state index in [1.54, 1.807) is 19.3 Å². The van der Waals surface area contributed by atoms with Gasteiger partial charge >= 0.3 is 0 Å². The summed E-state index contributed by atoms with van der Waals surface area (Å²) < 4.78 is 12.1. The zero-order chi connectivity index (χ0) is 16.8. The fraction of sp³-hybridized carbons (Fsp3) is 0.118. The predicted octanol–water partition coefficient (Wildman–Crippen LogP) is 5.31. The molecule has 0 fully saturated rings. The molecule has 120 valence electrons. The van der Waals surface area contributed by atoms with E-state index >= 15 is 0 Å². The second-order valence-corrected chi connectivity index (χ2v) is 6.56. The zero-order valence-corrected chi connectivity index (χ0v) is 15.9. The molecule has 3 nitrogen and oxygen atoms in total. The largest absolute Gasteiger partial charge is 0.493 e. The Morgan fingerprint density at radius 3 is 2.57 bits per heavy atom. The lowest BCUT2D eigenvalue weighted by molar-refractivity contribution is -0.107. The molecular formula is C17H13Cl2IO3. The van der Waals surface area contributed by atoms with Gasteiger partial charge in [0.1, 0.15) is 6.61 Å². The van der Waals surface area contributed by atoms with Crippen LogP contribution in [0.3, 0.4) is 0 Å². The van der Waals surface area contributed by atoms with E-state index in [1.807, 2.05) is 30.3 Å². The van der Waals surface area contributed by atoms with E-state index in [1.165, 1.54) is 6.08 Å². The van der Waals surface area contributed by atoms with E-state index in [0.29, 0.717) is 23.1 Å². The smallest absolute Gasteiger partial charge is 0.245 e. The van der Waals surface area contributed by atoms with Gasteiger partial charge in [-0.05, 0) is 81.7 Å². The molecule has 23 heavy (non-hydrogen) atoms. The Kier molecular flexibility index (Phi) is 6.74. The predicted molar refractivity (Wildman–Crippen MR) is 101 cm³/mol. The summed E-state index contributed by atoms with van der Waals surface area (Å²) in [5, 5.41) is 0.160. The summed E-state index contributed by atoms with van der Waals surface area (Å²) >= 11 is 13.3. The molecule has 0 aromatic heterocycles. The van der Waals surface area contributed by atoms with Crippen molar-refractivity contribution in [3.63, 3.8) is 0 Å². The number of methoxy groups -OCH3 is 1. The number of rotatable bonds is 6. The molecular weight excluding hydrogens is 450 g/mol. The molecule has 0 aliphatic heterocycles. The third-order valence-corrected chi connectivity index (χ3v) is 4.13. The minimum atomic E-state index is -0.526. The highest BCUT2D eigenvalue weighted by Gasteiger charge is 2.11. The minimum Gasteiger partial charge on any atom is -0.493 e. The Morgan fingerprint density at radius 2 is 1.96 bits per heavy atom. The first-order chi connectivity index (χ1) is 11.0. The van der Waals surface area contributed by atoms with Crippen molar-refractivity contribution in [3.05, 3.63) is 62.2 Å². The first-order valence-electron chi connectivity index (χ1n) is 6.62. The Hall–Kier alpha value is -1.24. The number of carbonyl (C=O) groups excluding carboxylic acids is 1. The number of hydrogen-bond acceptors (Lipinski definition) is 3. The van der Waals surface area contributed by atoms with E-state index < -0.39 is 5.24 Å². The normalized spacial score (nSPS) is 10.8. The maximum Gasteiger partial charge on any atom is 0.245 e. The lowest BCUT2D eigenvalue weighted by Crippen LogP contribution is -2.00. The fourth-order valence-electron chi connectivity index (χ4n) is 1.87. The molecule has 6 heteroatoms. The summed E-state index contributed by atoms with van der Waals surface area (Å²) in [5.74, 6) is 1.24. The molecule has 0 heterocycles. The summed E-state index contributed by atoms with van der Waals surface area (Å²) in [4.78, 5) is 10.8. The third-order valence-electron chi connectivity index (χ3n) is 2.96. The van der Waals surface area contributed by atoms with Crippen LogP contribution in [0.5, 0.6) is 11.5 Å². The molecule has 0 bridgehead atoms. The second-order valence-electron chi connectivity index (χ2n) is 4.59. The number of hydrogen-bond donors (Lipinski definition) is 0. The van der Waals surface area contributed by atoms with Gasteiger partial charge in [-0.15, -0.1) is 0 Å². The third kappa shape index (κ3) is 5.41. The van der Waals surface area contributed by atoms with Gasteiger partial charge in [0, 0.05) is 5.02 Å². The van der Waals surface area contributed by atoms with Gasteiger partial charge in [0.25, 0.3) is 0 Å². The number of ether oxygens (including phenoxy) is 2. The number of allylic oxidation sites excluding steroid dienone is 1. The fourth-order valence-corrected chi connectivity index (χ4v) is 2.84. The molecule has 0 unspecified atom stereocenters. The van der Waals surface area contributed by atoms with Gasteiger partial charge in [0.15, 0.2) is 11.5 Å². The highest BCUT2D eigenvalue weighted by molar-refractivity contribution is 14.1. The molecule has 0 radical (unpaired) electrons. The van der Waals surface area contributed by atoms with Gasteiger partial charge < -0.3 is 9.47 Å². The van der Waals surface area contributed by atoms with E-state index in [4.69, 9.17) is 32.7 Å². The van der Waals surface area contributed by atoms with Crippen molar-refractivity contribution in [1.82, 2.24) is 0 Å². The molecule has 0 saturated heterocycles. The van der Waals surface area contributed by atoms with Gasteiger partial charge in [-0.25, -0.2) is 0 Å². The van der Waals surface area contributed by atoms with Crippen LogP contribution >= 0.6 is 45.8 Å². The van der Waals surface area contributed by atoms with Crippen LogP contribution in [-0.2, 0) is 11.4 Å². The van der Waals surface area contributed by atoms with Crippen molar-refractivity contribution in [1.29, 1.82) is 0 Å². The Bertz CT molecular complexity index is 727. The monoisotopic (exact) mass is 462 g/mol. The summed E-state index contributed by atoms with van der Waals surface area (Å²) in [7, 11) is 1.57. The van der Waals surface area contributed by atoms with Gasteiger partial charge in [-0.2, -0.15) is 0 Å². The Balaban J connectivity index is 2.20. The summed E-state index contributed by atoms with van der Waals surface area (Å²) in [6.07, 6.45) is 2.92. The first kappa shape index (κ1) is 18.1. The SMILES string of the molecule is COc1cc(/C=C/C(=O)Cl)cc(I)c1OCc1ccc(Cl)cc1. The molecule has 0 saturated carbocycles. The van der Waals surface area contributed by atoms with Crippen molar-refractivity contribution < 1.29 is 14.3 Å². The average Bonchev–Trinajstić information content (AvgIpc) is 2.53. The van der Waals surface area contributed by atoms with Crippen LogP contribution in [0.2, 0.25) is 5.02 Å². The maximum absolute atomic E-state index is 10.8. The van der Waals surface area contributed by atoms with Crippen LogP contribution in [0.4, 0.5) is 0 Å². The van der Waals surface area contributed by atoms with Gasteiger partial charge in [-0.3, -0.25) is 4.79 Å². The summed E-state index contributed by atoms with van der Waals surface area (Å²) in [6, 6.07) is 11.1. The van der Waals surface area contributed by atoms with E-state index in [0.717, 1.165) is 14.7 Å². The van der Waals surface area contributed by atoms with Gasteiger partial charge in [0.2, 0.25) is 5.24 Å². The lowest BCUT2D eigenvalue weighted by Gasteiger charge is -2.13. The Labute approximate surface area is 158 Å². The topological polar surface area (TPSA) is 35.5 Å². The summed E-state index contributed by atoms with van der Waals surface area (Å²) in [5.41, 5.74) is 1.81. The summed E-state index contributed by atoms with van der Waals surface area (Å²) in [6.45, 7) is 0.402. The standard InChI is InChI=1S/C17H13Cl2IO3/c1-22-15-9-12(4-7-16(19)21)8-14(20)17(15)23-10-11-2-5-13(18)6-3-11/h2-9H,10H2,1H3/b7-4+. The van der Waals surface area contributed by atoms with Crippen LogP contribution in [0.25, 0.3) is 6.08 Å². The van der Waals surface area contributed by atoms with Crippen LogP contribution in [0.1, 0.15) is 11.1 Å². The quantitative estimate of drug-likeness (QED) is 0.331. The van der Waals surface area contributed by atoms with Crippen molar-refractivity contribution in [3.8, 4) is 11.5 Å². The Morgan fingerprint density at radius 1 is 1.26 bits per heavy atom. The number of benzene rings is 2. The molecule has 0 aliphatic rings. The van der Waals surface area contributed by atoms with Crippen molar-refractivity contribution in [2.45, 2.75) is 6.61 Å². The first-order valence-corrected chi connectivity index (χ1v) is 8.45. The molecule has 0 spiro atoms. The molecule has 2 aromatic rings. The second kappa shape index (κ2) is 8.57. The van der Waals surface area contributed by atoms with Crippen molar-refractivity contribution in [2.24, 2.45) is 0 Å². The van der Waals surface area contributed by atoms with E-state index in [-0.39, 0.29) is 0 Å². The molecule has 0 N–H and O–H groups in total. The minimum absolute atomic E-state index is 0.402. The highest BCUT2D eigenvalue weighted by Crippen LogP contribution is 2.35. The van der Waals surface area contributed by atoms with Crippen LogP contribution < -0.4 is 9.47 Å².